The van der Waals surface area contributed by atoms with Gasteiger partial charge in [0.25, 0.3) is 5.69 Å². The molecule has 2 aromatic rings. The van der Waals surface area contributed by atoms with Gasteiger partial charge >= 0.3 is 0 Å². The van der Waals surface area contributed by atoms with E-state index in [2.05, 4.69) is 10.3 Å². The Morgan fingerprint density at radius 1 is 1.24 bits per heavy atom. The summed E-state index contributed by atoms with van der Waals surface area (Å²) in [6.45, 7) is 0.983. The molecular weight excluding hydrogens is 438 g/mol. The van der Waals surface area contributed by atoms with Crippen molar-refractivity contribution in [1.29, 1.82) is 0 Å². The summed E-state index contributed by atoms with van der Waals surface area (Å²) in [4.78, 5) is 16.5. The van der Waals surface area contributed by atoms with Crippen LogP contribution in [0.3, 0.4) is 0 Å². The minimum absolute atomic E-state index is 0. The van der Waals surface area contributed by atoms with E-state index in [0.29, 0.717) is 19.0 Å². The highest BCUT2D eigenvalue weighted by atomic mass is 127. The molecule has 0 radical (unpaired) electrons. The minimum Gasteiger partial charge on any atom is -0.352 e. The molecule has 0 amide bonds. The van der Waals surface area contributed by atoms with Crippen molar-refractivity contribution >= 4 is 35.6 Å². The maximum Gasteiger partial charge on any atom is 0.269 e. The van der Waals surface area contributed by atoms with Crippen LogP contribution in [0, 0.1) is 15.9 Å². The van der Waals surface area contributed by atoms with Gasteiger partial charge in [0.15, 0.2) is 5.96 Å². The molecule has 0 aliphatic rings. The Morgan fingerprint density at radius 2 is 1.92 bits per heavy atom. The van der Waals surface area contributed by atoms with Crippen LogP contribution in [0.5, 0.6) is 0 Å². The van der Waals surface area contributed by atoms with Crippen LogP contribution in [-0.2, 0) is 13.1 Å². The fraction of sp³-hybridized carbons (Fsp3) is 0.235. The van der Waals surface area contributed by atoms with Gasteiger partial charge < -0.3 is 10.2 Å². The van der Waals surface area contributed by atoms with Gasteiger partial charge in [-0.15, -0.1) is 24.0 Å². The number of nitro benzene ring substituents is 1. The zero-order valence-corrected chi connectivity index (χ0v) is 16.3. The van der Waals surface area contributed by atoms with Crippen LogP contribution < -0.4 is 5.32 Å². The molecule has 0 heterocycles. The Balaban J connectivity index is 0.00000312. The summed E-state index contributed by atoms with van der Waals surface area (Å²) in [5.41, 5.74) is 1.81. The molecule has 0 atom stereocenters. The Kier molecular flexibility index (Phi) is 8.26. The van der Waals surface area contributed by atoms with E-state index in [4.69, 9.17) is 0 Å². The average molecular weight is 458 g/mol. The Bertz CT molecular complexity index is 738. The highest BCUT2D eigenvalue weighted by Crippen LogP contribution is 2.13. The molecule has 0 saturated carbocycles. The topological polar surface area (TPSA) is 70.8 Å². The van der Waals surface area contributed by atoms with Gasteiger partial charge in [-0.3, -0.25) is 15.1 Å². The smallest absolute Gasteiger partial charge is 0.269 e. The number of aliphatic imine (C=N–C) groups is 1. The van der Waals surface area contributed by atoms with E-state index in [1.807, 2.05) is 18.0 Å². The van der Waals surface area contributed by atoms with E-state index in [1.165, 1.54) is 24.3 Å². The second-order valence-electron chi connectivity index (χ2n) is 5.31. The third-order valence-electron chi connectivity index (χ3n) is 3.48. The van der Waals surface area contributed by atoms with Gasteiger partial charge in [-0.2, -0.15) is 0 Å². The molecule has 25 heavy (non-hydrogen) atoms. The fourth-order valence-corrected chi connectivity index (χ4v) is 2.28. The first-order valence-electron chi connectivity index (χ1n) is 7.39. The first kappa shape index (κ1) is 20.8. The van der Waals surface area contributed by atoms with Crippen LogP contribution in [0.4, 0.5) is 10.1 Å². The predicted octanol–water partition coefficient (Wildman–Crippen LogP) is 3.56. The van der Waals surface area contributed by atoms with Crippen molar-refractivity contribution < 1.29 is 9.31 Å². The fourth-order valence-electron chi connectivity index (χ4n) is 2.28. The summed E-state index contributed by atoms with van der Waals surface area (Å²) in [6.07, 6.45) is 0. The molecule has 0 aromatic heterocycles. The van der Waals surface area contributed by atoms with E-state index < -0.39 is 4.92 Å². The van der Waals surface area contributed by atoms with Gasteiger partial charge in [0, 0.05) is 39.3 Å². The van der Waals surface area contributed by atoms with Crippen LogP contribution in [0.15, 0.2) is 53.5 Å². The number of nitrogens with zero attached hydrogens (tertiary/aromatic N) is 3. The number of rotatable bonds is 5. The van der Waals surface area contributed by atoms with E-state index in [0.717, 1.165) is 11.1 Å². The monoisotopic (exact) mass is 458 g/mol. The number of benzene rings is 2. The molecule has 0 fully saturated rings. The average Bonchev–Trinajstić information content (AvgIpc) is 2.57. The van der Waals surface area contributed by atoms with Crippen molar-refractivity contribution in [3.05, 3.63) is 75.6 Å². The number of non-ortho nitro benzene ring substituents is 1. The third-order valence-corrected chi connectivity index (χ3v) is 3.48. The Morgan fingerprint density at radius 3 is 2.52 bits per heavy atom. The molecular formula is C17H20FIN4O2. The van der Waals surface area contributed by atoms with Crippen LogP contribution in [0.1, 0.15) is 11.1 Å². The number of guanidine groups is 1. The van der Waals surface area contributed by atoms with Gasteiger partial charge in [0.05, 0.1) is 4.92 Å². The predicted molar refractivity (Wildman–Crippen MR) is 107 cm³/mol. The second kappa shape index (κ2) is 9.92. The third kappa shape index (κ3) is 6.29. The number of hydrogen-bond acceptors (Lipinski definition) is 3. The zero-order valence-electron chi connectivity index (χ0n) is 14.0. The minimum atomic E-state index is -0.418. The van der Waals surface area contributed by atoms with E-state index in [-0.39, 0.29) is 35.5 Å². The van der Waals surface area contributed by atoms with Gasteiger partial charge in [0.2, 0.25) is 0 Å². The maximum atomic E-state index is 12.9. The van der Waals surface area contributed by atoms with Crippen molar-refractivity contribution in [3.63, 3.8) is 0 Å². The van der Waals surface area contributed by atoms with Crippen molar-refractivity contribution in [1.82, 2.24) is 10.2 Å². The van der Waals surface area contributed by atoms with Crippen molar-refractivity contribution in [2.45, 2.75) is 13.1 Å². The summed E-state index contributed by atoms with van der Waals surface area (Å²) >= 11 is 0. The van der Waals surface area contributed by atoms with Gasteiger partial charge in [-0.25, -0.2) is 4.39 Å². The highest BCUT2D eigenvalue weighted by molar-refractivity contribution is 14.0. The summed E-state index contributed by atoms with van der Waals surface area (Å²) in [7, 11) is 3.53. The molecule has 0 saturated heterocycles. The number of nitrogens with one attached hydrogen (secondary N) is 1. The summed E-state index contributed by atoms with van der Waals surface area (Å²) in [6, 6.07) is 12.7. The van der Waals surface area contributed by atoms with Crippen molar-refractivity contribution in [2.75, 3.05) is 14.1 Å². The van der Waals surface area contributed by atoms with E-state index >= 15 is 0 Å². The number of halogens is 2. The normalized spacial score (nSPS) is 10.8. The molecule has 2 aromatic carbocycles. The molecule has 0 aliphatic carbocycles. The van der Waals surface area contributed by atoms with Gasteiger partial charge in [0.1, 0.15) is 5.82 Å². The lowest BCUT2D eigenvalue weighted by molar-refractivity contribution is -0.384. The summed E-state index contributed by atoms with van der Waals surface area (Å²) < 4.78 is 12.9. The molecule has 0 bridgehead atoms. The maximum absolute atomic E-state index is 12.9. The van der Waals surface area contributed by atoms with Gasteiger partial charge in [-0.1, -0.05) is 24.3 Å². The first-order chi connectivity index (χ1) is 11.5. The number of nitro groups is 1. The van der Waals surface area contributed by atoms with Gasteiger partial charge in [-0.05, 0) is 23.3 Å². The molecule has 134 valence electrons. The second-order valence-corrected chi connectivity index (χ2v) is 5.31. The summed E-state index contributed by atoms with van der Waals surface area (Å²) in [5.74, 6) is 0.375. The SMILES string of the molecule is CN=C(NCc1cccc([N+](=O)[O-])c1)N(C)Cc1ccc(F)cc1.I. The van der Waals surface area contributed by atoms with Crippen LogP contribution in [0.25, 0.3) is 0 Å². The molecule has 1 N–H and O–H groups in total. The molecule has 2 rings (SSSR count). The lowest BCUT2D eigenvalue weighted by atomic mass is 10.2. The Labute approximate surface area is 162 Å². The quantitative estimate of drug-likeness (QED) is 0.245. The molecule has 8 heteroatoms. The standard InChI is InChI=1S/C17H19FN4O2.HI/c1-19-17(21(2)12-13-6-8-15(18)9-7-13)20-11-14-4-3-5-16(10-14)22(23)24;/h3-10H,11-12H2,1-2H3,(H,19,20);1H. The highest BCUT2D eigenvalue weighted by Gasteiger charge is 2.09. The lowest BCUT2D eigenvalue weighted by Gasteiger charge is -2.22. The largest absolute Gasteiger partial charge is 0.352 e. The van der Waals surface area contributed by atoms with E-state index in [9.17, 15) is 14.5 Å². The van der Waals surface area contributed by atoms with Crippen LogP contribution >= 0.6 is 24.0 Å². The molecule has 6 nitrogen and oxygen atoms in total. The first-order valence-corrected chi connectivity index (χ1v) is 7.39. The van der Waals surface area contributed by atoms with Crippen LogP contribution in [-0.4, -0.2) is 29.9 Å². The molecule has 0 aliphatic heterocycles. The van der Waals surface area contributed by atoms with Crippen LogP contribution in [0.2, 0.25) is 0 Å². The molecule has 0 unspecified atom stereocenters. The lowest BCUT2D eigenvalue weighted by Crippen LogP contribution is -2.38. The summed E-state index contributed by atoms with van der Waals surface area (Å²) in [5, 5.41) is 14.0. The Hall–Kier alpha value is -2.23. The van der Waals surface area contributed by atoms with Crippen molar-refractivity contribution in [3.8, 4) is 0 Å². The zero-order chi connectivity index (χ0) is 17.5. The number of hydrogen-bond donors (Lipinski definition) is 1. The van der Waals surface area contributed by atoms with Crippen molar-refractivity contribution in [2.24, 2.45) is 4.99 Å². The molecule has 0 spiro atoms. The van der Waals surface area contributed by atoms with E-state index in [1.54, 1.807) is 25.2 Å².